The van der Waals surface area contributed by atoms with Crippen molar-refractivity contribution in [3.63, 3.8) is 0 Å². The molecule has 1 N–H and O–H groups in total. The summed E-state index contributed by atoms with van der Waals surface area (Å²) in [5.41, 5.74) is 0.734. The van der Waals surface area contributed by atoms with Crippen LogP contribution in [0.25, 0.3) is 5.69 Å². The fourth-order valence-electron chi connectivity index (χ4n) is 2.19. The van der Waals surface area contributed by atoms with Gasteiger partial charge < -0.3 is 14.7 Å². The first-order valence-electron chi connectivity index (χ1n) is 6.43. The molecule has 0 bridgehead atoms. The Balaban J connectivity index is 1.87. The topological polar surface area (TPSA) is 80.5 Å². The van der Waals surface area contributed by atoms with Crippen LogP contribution in [0.15, 0.2) is 24.4 Å². The fraction of sp³-hybridized carbons (Fsp3) is 0.308. The highest BCUT2D eigenvalue weighted by atomic mass is 19.1. The molecule has 0 saturated carbocycles. The highest BCUT2D eigenvalue weighted by Gasteiger charge is 2.16. The smallest absolute Gasteiger partial charge is 0.358 e. The average molecular weight is 292 g/mol. The van der Waals surface area contributed by atoms with E-state index >= 15 is 0 Å². The lowest BCUT2D eigenvalue weighted by Crippen LogP contribution is -2.36. The zero-order valence-electron chi connectivity index (χ0n) is 11.1. The summed E-state index contributed by atoms with van der Waals surface area (Å²) < 4.78 is 20.7. The molecule has 2 heterocycles. The van der Waals surface area contributed by atoms with E-state index in [2.05, 4.69) is 10.3 Å². The number of carbonyl (C=O) groups is 1. The molecule has 1 aliphatic heterocycles. The van der Waals surface area contributed by atoms with Gasteiger partial charge in [-0.1, -0.05) is 5.21 Å². The number of hydrogen-bond acceptors (Lipinski definition) is 5. The van der Waals surface area contributed by atoms with Crippen LogP contribution in [0.2, 0.25) is 0 Å². The lowest BCUT2D eigenvalue weighted by Gasteiger charge is -2.29. The van der Waals surface area contributed by atoms with Crippen LogP contribution in [-0.2, 0) is 4.74 Å². The number of morpholine rings is 1. The second kappa shape index (κ2) is 5.49. The minimum absolute atomic E-state index is 0.187. The standard InChI is InChI=1S/C13H13FN4O3/c14-10-7-9(18-8-11(13(19)20)15-16-18)1-2-12(10)17-3-5-21-6-4-17/h1-2,7-8H,3-6H2,(H,19,20). The number of ether oxygens (including phenoxy) is 1. The van der Waals surface area contributed by atoms with Crippen LogP contribution in [-0.4, -0.2) is 52.4 Å². The average Bonchev–Trinajstić information content (AvgIpc) is 2.98. The van der Waals surface area contributed by atoms with Gasteiger partial charge in [0.25, 0.3) is 0 Å². The van der Waals surface area contributed by atoms with E-state index in [1.165, 1.54) is 16.9 Å². The highest BCUT2D eigenvalue weighted by Crippen LogP contribution is 2.23. The maximum Gasteiger partial charge on any atom is 0.358 e. The van der Waals surface area contributed by atoms with Gasteiger partial charge in [0.2, 0.25) is 0 Å². The molecule has 7 nitrogen and oxygen atoms in total. The lowest BCUT2D eigenvalue weighted by atomic mass is 10.2. The number of anilines is 1. The molecular weight excluding hydrogens is 279 g/mol. The van der Waals surface area contributed by atoms with Gasteiger partial charge >= 0.3 is 5.97 Å². The summed E-state index contributed by atoms with van der Waals surface area (Å²) in [4.78, 5) is 12.7. The molecule has 21 heavy (non-hydrogen) atoms. The Morgan fingerprint density at radius 1 is 1.33 bits per heavy atom. The Morgan fingerprint density at radius 2 is 2.10 bits per heavy atom. The van der Waals surface area contributed by atoms with E-state index in [1.807, 2.05) is 4.90 Å². The molecule has 1 saturated heterocycles. The van der Waals surface area contributed by atoms with Gasteiger partial charge in [-0.3, -0.25) is 0 Å². The predicted octanol–water partition coefficient (Wildman–Crippen LogP) is 0.941. The van der Waals surface area contributed by atoms with Gasteiger partial charge in [0, 0.05) is 19.2 Å². The van der Waals surface area contributed by atoms with E-state index in [0.717, 1.165) is 0 Å². The molecule has 1 aromatic heterocycles. The molecule has 0 unspecified atom stereocenters. The van der Waals surface area contributed by atoms with Crippen molar-refractivity contribution in [3.05, 3.63) is 35.9 Å². The Bertz CT molecular complexity index is 667. The van der Waals surface area contributed by atoms with Crippen LogP contribution in [0.3, 0.4) is 0 Å². The molecule has 0 aliphatic carbocycles. The number of aromatic carboxylic acids is 1. The normalized spacial score (nSPS) is 15.2. The van der Waals surface area contributed by atoms with E-state index in [-0.39, 0.29) is 11.5 Å². The number of aromatic nitrogens is 3. The van der Waals surface area contributed by atoms with E-state index in [0.29, 0.717) is 37.7 Å². The zero-order chi connectivity index (χ0) is 14.8. The Kier molecular flexibility index (Phi) is 3.53. The number of halogens is 1. The maximum atomic E-state index is 14.2. The van der Waals surface area contributed by atoms with Gasteiger partial charge in [-0.2, -0.15) is 0 Å². The molecule has 110 valence electrons. The summed E-state index contributed by atoms with van der Waals surface area (Å²) in [6.45, 7) is 2.43. The number of nitrogens with zero attached hydrogens (tertiary/aromatic N) is 4. The van der Waals surface area contributed by atoms with Gasteiger partial charge in [-0.25, -0.2) is 13.9 Å². The zero-order valence-corrected chi connectivity index (χ0v) is 11.1. The van der Waals surface area contributed by atoms with Crippen LogP contribution in [0, 0.1) is 5.82 Å². The van der Waals surface area contributed by atoms with Crippen LogP contribution in [0.1, 0.15) is 10.5 Å². The molecule has 0 spiro atoms. The van der Waals surface area contributed by atoms with Crippen molar-refractivity contribution >= 4 is 11.7 Å². The van der Waals surface area contributed by atoms with Gasteiger partial charge in [0.15, 0.2) is 5.69 Å². The SMILES string of the molecule is O=C(O)c1cn(-c2ccc(N3CCOCC3)c(F)c2)nn1. The van der Waals surface area contributed by atoms with Crippen LogP contribution in [0.4, 0.5) is 10.1 Å². The third kappa shape index (κ3) is 2.70. The molecule has 0 radical (unpaired) electrons. The number of carboxylic acids is 1. The van der Waals surface area contributed by atoms with Crippen molar-refractivity contribution in [1.29, 1.82) is 0 Å². The van der Waals surface area contributed by atoms with Crippen LogP contribution in [0.5, 0.6) is 0 Å². The number of rotatable bonds is 3. The number of benzene rings is 1. The van der Waals surface area contributed by atoms with Crippen molar-refractivity contribution in [1.82, 2.24) is 15.0 Å². The molecular formula is C13H13FN4O3. The Labute approximate surface area is 119 Å². The summed E-state index contributed by atoms with van der Waals surface area (Å²) in [5, 5.41) is 16.0. The van der Waals surface area contributed by atoms with Crippen molar-refractivity contribution in [2.45, 2.75) is 0 Å². The van der Waals surface area contributed by atoms with Gasteiger partial charge in [0.05, 0.1) is 30.8 Å². The highest BCUT2D eigenvalue weighted by molar-refractivity contribution is 5.84. The van der Waals surface area contributed by atoms with Crippen molar-refractivity contribution in [2.24, 2.45) is 0 Å². The monoisotopic (exact) mass is 292 g/mol. The van der Waals surface area contributed by atoms with Gasteiger partial charge in [-0.15, -0.1) is 5.10 Å². The van der Waals surface area contributed by atoms with Crippen LogP contribution < -0.4 is 4.90 Å². The number of carboxylic acid groups (broad SMARTS) is 1. The largest absolute Gasteiger partial charge is 0.476 e. The van der Waals surface area contributed by atoms with Crippen molar-refractivity contribution in [2.75, 3.05) is 31.2 Å². The minimum atomic E-state index is -1.17. The number of hydrogen-bond donors (Lipinski definition) is 1. The summed E-state index contributed by atoms with van der Waals surface area (Å²) >= 11 is 0. The minimum Gasteiger partial charge on any atom is -0.476 e. The maximum absolute atomic E-state index is 14.2. The lowest BCUT2D eigenvalue weighted by molar-refractivity contribution is 0.0690. The molecule has 1 aromatic carbocycles. The molecule has 2 aromatic rings. The molecule has 0 amide bonds. The van der Waals surface area contributed by atoms with E-state index in [9.17, 15) is 9.18 Å². The summed E-state index contributed by atoms with van der Waals surface area (Å²) in [7, 11) is 0. The first kappa shape index (κ1) is 13.5. The van der Waals surface area contributed by atoms with Gasteiger partial charge in [-0.05, 0) is 12.1 Å². The Hall–Kier alpha value is -2.48. The van der Waals surface area contributed by atoms with Crippen LogP contribution >= 0.6 is 0 Å². The summed E-state index contributed by atoms with van der Waals surface area (Å²) in [6.07, 6.45) is 1.24. The van der Waals surface area contributed by atoms with Crippen molar-refractivity contribution in [3.8, 4) is 5.69 Å². The van der Waals surface area contributed by atoms with E-state index < -0.39 is 5.97 Å². The summed E-state index contributed by atoms with van der Waals surface area (Å²) in [6, 6.07) is 4.64. The quantitative estimate of drug-likeness (QED) is 0.907. The summed E-state index contributed by atoms with van der Waals surface area (Å²) in [5.74, 6) is -1.56. The second-order valence-electron chi connectivity index (χ2n) is 4.59. The molecule has 1 aliphatic rings. The third-order valence-corrected chi connectivity index (χ3v) is 3.26. The van der Waals surface area contributed by atoms with Gasteiger partial charge in [0.1, 0.15) is 5.82 Å². The Morgan fingerprint density at radius 3 is 2.71 bits per heavy atom. The van der Waals surface area contributed by atoms with Crippen molar-refractivity contribution < 1.29 is 19.0 Å². The predicted molar refractivity (Wildman–Crippen MR) is 71.3 cm³/mol. The first-order valence-corrected chi connectivity index (χ1v) is 6.43. The third-order valence-electron chi connectivity index (χ3n) is 3.26. The molecule has 8 heteroatoms. The fourth-order valence-corrected chi connectivity index (χ4v) is 2.19. The molecule has 3 rings (SSSR count). The second-order valence-corrected chi connectivity index (χ2v) is 4.59. The van der Waals surface area contributed by atoms with E-state index in [4.69, 9.17) is 9.84 Å². The molecule has 0 atom stereocenters. The first-order chi connectivity index (χ1) is 10.1. The van der Waals surface area contributed by atoms with E-state index in [1.54, 1.807) is 12.1 Å². The molecule has 1 fully saturated rings.